The molecule has 0 aliphatic heterocycles. The molecule has 1 atom stereocenters. The highest BCUT2D eigenvalue weighted by Crippen LogP contribution is 2.51. The fourth-order valence-corrected chi connectivity index (χ4v) is 1.97. The molecule has 0 aromatic heterocycles. The minimum absolute atomic E-state index is 0.107. The molecule has 0 aliphatic rings. The Balaban J connectivity index is 4.69. The molecular formula is C5H10BrO5P. The third kappa shape index (κ3) is 2.86. The summed E-state index contributed by atoms with van der Waals surface area (Å²) in [4.78, 5) is 28.1. The summed E-state index contributed by atoms with van der Waals surface area (Å²) in [6.07, 6.45) is 0. The van der Waals surface area contributed by atoms with Gasteiger partial charge in [-0.3, -0.25) is 9.36 Å². The fraction of sp³-hybridized carbons (Fsp3) is 0.800. The van der Waals surface area contributed by atoms with Gasteiger partial charge in [-0.1, -0.05) is 15.9 Å². The largest absolute Gasteiger partial charge is 0.446 e. The predicted molar refractivity (Wildman–Crippen MR) is 46.0 cm³/mol. The molecule has 1 unspecified atom stereocenters. The second kappa shape index (κ2) is 3.87. The molecule has 0 heterocycles. The number of rotatable bonds is 3. The van der Waals surface area contributed by atoms with Crippen LogP contribution in [-0.4, -0.2) is 26.4 Å². The molecule has 0 aromatic carbocycles. The quantitative estimate of drug-likeness (QED) is 0.446. The molecule has 0 bridgehead atoms. The van der Waals surface area contributed by atoms with Crippen LogP contribution in [-0.2, 0) is 14.1 Å². The van der Waals surface area contributed by atoms with Gasteiger partial charge in [-0.25, -0.2) is 0 Å². The molecule has 5 nitrogen and oxygen atoms in total. The SMILES string of the molecule is CC(=O)OC(C)(CBr)P(=O)(O)O. The maximum Gasteiger partial charge on any atom is 0.369 e. The monoisotopic (exact) mass is 260 g/mol. The van der Waals surface area contributed by atoms with Gasteiger partial charge in [-0.15, -0.1) is 0 Å². The van der Waals surface area contributed by atoms with Crippen molar-refractivity contribution in [3.05, 3.63) is 0 Å². The number of hydrogen-bond acceptors (Lipinski definition) is 3. The third-order valence-corrected chi connectivity index (χ3v) is 4.21. The van der Waals surface area contributed by atoms with Crippen molar-refractivity contribution in [2.24, 2.45) is 0 Å². The Kier molecular flexibility index (Phi) is 3.90. The van der Waals surface area contributed by atoms with E-state index in [1.807, 2.05) is 0 Å². The lowest BCUT2D eigenvalue weighted by Gasteiger charge is -2.27. The zero-order valence-electron chi connectivity index (χ0n) is 6.65. The number of ether oxygens (including phenoxy) is 1. The van der Waals surface area contributed by atoms with Crippen LogP contribution in [0.4, 0.5) is 0 Å². The molecular weight excluding hydrogens is 251 g/mol. The Morgan fingerprint density at radius 3 is 2.17 bits per heavy atom. The summed E-state index contributed by atoms with van der Waals surface area (Å²) in [7, 11) is -4.43. The van der Waals surface area contributed by atoms with E-state index in [-0.39, 0.29) is 5.33 Å². The summed E-state index contributed by atoms with van der Waals surface area (Å²) in [5.41, 5.74) is 0. The summed E-state index contributed by atoms with van der Waals surface area (Å²) in [6, 6.07) is 0. The minimum Gasteiger partial charge on any atom is -0.446 e. The Morgan fingerprint density at radius 2 is 2.08 bits per heavy atom. The summed E-state index contributed by atoms with van der Waals surface area (Å²) in [5.74, 6) is -0.722. The molecule has 0 fully saturated rings. The maximum absolute atomic E-state index is 10.8. The van der Waals surface area contributed by atoms with Crippen molar-refractivity contribution in [1.82, 2.24) is 0 Å². The van der Waals surface area contributed by atoms with Gasteiger partial charge in [-0.2, -0.15) is 0 Å². The van der Waals surface area contributed by atoms with Crippen molar-refractivity contribution in [3.8, 4) is 0 Å². The number of hydrogen-bond donors (Lipinski definition) is 2. The molecule has 72 valence electrons. The molecule has 0 saturated heterocycles. The molecule has 0 rings (SSSR count). The Bertz CT molecular complexity index is 224. The second-order valence-corrected chi connectivity index (χ2v) is 5.04. The summed E-state index contributed by atoms with van der Waals surface area (Å²) in [5, 5.41) is -1.87. The van der Waals surface area contributed by atoms with Crippen LogP contribution in [0.2, 0.25) is 0 Å². The second-order valence-electron chi connectivity index (χ2n) is 2.45. The first-order valence-electron chi connectivity index (χ1n) is 3.04. The van der Waals surface area contributed by atoms with E-state index in [1.54, 1.807) is 0 Å². The van der Waals surface area contributed by atoms with Crippen molar-refractivity contribution in [3.63, 3.8) is 0 Å². The van der Waals surface area contributed by atoms with E-state index in [4.69, 9.17) is 9.79 Å². The zero-order valence-corrected chi connectivity index (χ0v) is 9.13. The van der Waals surface area contributed by atoms with Gasteiger partial charge in [0.2, 0.25) is 5.34 Å². The average molecular weight is 261 g/mol. The highest BCUT2D eigenvalue weighted by molar-refractivity contribution is 9.09. The molecule has 7 heteroatoms. The van der Waals surface area contributed by atoms with Crippen LogP contribution in [0.25, 0.3) is 0 Å². The van der Waals surface area contributed by atoms with E-state index in [2.05, 4.69) is 20.7 Å². The Hall–Kier alpha value is 0.1000. The highest BCUT2D eigenvalue weighted by atomic mass is 79.9. The van der Waals surface area contributed by atoms with Crippen LogP contribution in [0.3, 0.4) is 0 Å². The van der Waals surface area contributed by atoms with Gasteiger partial charge >= 0.3 is 13.6 Å². The van der Waals surface area contributed by atoms with Crippen LogP contribution in [0, 0.1) is 0 Å². The van der Waals surface area contributed by atoms with Crippen LogP contribution in [0.15, 0.2) is 0 Å². The Morgan fingerprint density at radius 1 is 1.67 bits per heavy atom. The molecule has 0 radical (unpaired) electrons. The molecule has 2 N–H and O–H groups in total. The van der Waals surface area contributed by atoms with Crippen LogP contribution < -0.4 is 0 Å². The fourth-order valence-electron chi connectivity index (χ4n) is 0.474. The number of alkyl halides is 1. The molecule has 0 amide bonds. The first-order valence-corrected chi connectivity index (χ1v) is 5.77. The number of esters is 1. The van der Waals surface area contributed by atoms with E-state index in [9.17, 15) is 9.36 Å². The lowest BCUT2D eigenvalue weighted by atomic mass is 10.4. The van der Waals surface area contributed by atoms with Crippen molar-refractivity contribution in [2.75, 3.05) is 5.33 Å². The van der Waals surface area contributed by atoms with Gasteiger partial charge in [0, 0.05) is 6.92 Å². The van der Waals surface area contributed by atoms with E-state index in [0.717, 1.165) is 6.92 Å². The smallest absolute Gasteiger partial charge is 0.369 e. The first-order chi connectivity index (χ1) is 5.23. The summed E-state index contributed by atoms with van der Waals surface area (Å²) >= 11 is 2.87. The van der Waals surface area contributed by atoms with Crippen molar-refractivity contribution in [2.45, 2.75) is 19.2 Å². The normalized spacial score (nSPS) is 16.8. The molecule has 0 aliphatic carbocycles. The lowest BCUT2D eigenvalue weighted by molar-refractivity contribution is -0.148. The topological polar surface area (TPSA) is 83.8 Å². The zero-order chi connectivity index (χ0) is 9.99. The van der Waals surface area contributed by atoms with Crippen LogP contribution in [0.1, 0.15) is 13.8 Å². The van der Waals surface area contributed by atoms with Crippen LogP contribution in [0.5, 0.6) is 0 Å². The predicted octanol–water partition coefficient (Wildman–Crippen LogP) is 0.838. The van der Waals surface area contributed by atoms with Crippen molar-refractivity contribution in [1.29, 1.82) is 0 Å². The van der Waals surface area contributed by atoms with E-state index >= 15 is 0 Å². The molecule has 0 saturated carbocycles. The van der Waals surface area contributed by atoms with Crippen LogP contribution >= 0.6 is 23.5 Å². The van der Waals surface area contributed by atoms with E-state index in [1.165, 1.54) is 6.92 Å². The average Bonchev–Trinajstić information content (AvgIpc) is 1.83. The van der Waals surface area contributed by atoms with E-state index < -0.39 is 18.9 Å². The van der Waals surface area contributed by atoms with Gasteiger partial charge in [0.15, 0.2) is 0 Å². The van der Waals surface area contributed by atoms with Crippen molar-refractivity contribution >= 4 is 29.5 Å². The maximum atomic E-state index is 10.8. The van der Waals surface area contributed by atoms with Crippen molar-refractivity contribution < 1.29 is 23.9 Å². The summed E-state index contributed by atoms with van der Waals surface area (Å²) < 4.78 is 15.3. The molecule has 0 spiro atoms. The minimum atomic E-state index is -4.43. The number of halogens is 1. The number of carbonyl (C=O) groups excluding carboxylic acids is 1. The standard InChI is InChI=1S/C5H10BrO5P/c1-4(7)11-5(2,3-6)12(8,9)10/h3H2,1-2H3,(H2,8,9,10). The van der Waals surface area contributed by atoms with Gasteiger partial charge in [0.05, 0.1) is 5.33 Å². The van der Waals surface area contributed by atoms with Gasteiger partial charge in [0.1, 0.15) is 0 Å². The first kappa shape index (κ1) is 12.1. The summed E-state index contributed by atoms with van der Waals surface area (Å²) in [6.45, 7) is 2.26. The molecule has 12 heavy (non-hydrogen) atoms. The lowest BCUT2D eigenvalue weighted by Crippen LogP contribution is -2.32. The van der Waals surface area contributed by atoms with Gasteiger partial charge in [0.25, 0.3) is 0 Å². The highest BCUT2D eigenvalue weighted by Gasteiger charge is 2.44. The molecule has 0 aromatic rings. The van der Waals surface area contributed by atoms with Gasteiger partial charge < -0.3 is 14.5 Å². The Labute approximate surface area is 78.4 Å². The third-order valence-electron chi connectivity index (χ3n) is 1.23. The van der Waals surface area contributed by atoms with Gasteiger partial charge in [-0.05, 0) is 6.92 Å². The van der Waals surface area contributed by atoms with E-state index in [0.29, 0.717) is 0 Å². The number of carbonyl (C=O) groups is 1.